The average Bonchev–Trinajstić information content (AvgIpc) is 3.15. The second-order valence-electron chi connectivity index (χ2n) is 9.79. The second kappa shape index (κ2) is 16.7. The van der Waals surface area contributed by atoms with E-state index in [2.05, 4.69) is 10.6 Å². The summed E-state index contributed by atoms with van der Waals surface area (Å²) in [6.45, 7) is 4.03. The number of halogens is 1. The molecule has 12 heteroatoms. The number of rotatable bonds is 14. The van der Waals surface area contributed by atoms with Crippen molar-refractivity contribution >= 4 is 35.5 Å². The molecule has 0 saturated carbocycles. The van der Waals surface area contributed by atoms with Gasteiger partial charge in [-0.3, -0.25) is 9.59 Å². The highest BCUT2D eigenvalue weighted by Crippen LogP contribution is 2.18. The number of carboxylic acid groups (broad SMARTS) is 1. The third-order valence-corrected chi connectivity index (χ3v) is 8.17. The molecule has 2 amide bonds. The number of hydrogen-bond donors (Lipinski definition) is 3. The minimum Gasteiger partial charge on any atom is -1.00 e. The first kappa shape index (κ1) is 34.6. The van der Waals surface area contributed by atoms with E-state index in [0.29, 0.717) is 0 Å². The summed E-state index contributed by atoms with van der Waals surface area (Å²) in [5, 5.41) is 15.7. The Hall–Kier alpha value is -3.64. The van der Waals surface area contributed by atoms with Gasteiger partial charge in [0.2, 0.25) is 5.91 Å². The molecule has 0 fully saturated rings. The molecule has 0 aliphatic rings. The Balaban J connectivity index is 0.00000616. The highest BCUT2D eigenvalue weighted by molar-refractivity contribution is 7.99. The Morgan fingerprint density at radius 1 is 0.952 bits per heavy atom. The van der Waals surface area contributed by atoms with E-state index in [-0.39, 0.29) is 54.4 Å². The predicted octanol–water partition coefficient (Wildman–Crippen LogP) is 0.0189. The minimum atomic E-state index is -1.30. The van der Waals surface area contributed by atoms with Crippen LogP contribution in [0.5, 0.6) is 0 Å². The van der Waals surface area contributed by atoms with Crippen molar-refractivity contribution in [1.29, 1.82) is 0 Å². The number of ketones is 1. The highest BCUT2D eigenvalue weighted by atomic mass is 79.9. The van der Waals surface area contributed by atoms with Crippen molar-refractivity contribution in [2.75, 3.05) is 5.75 Å². The number of aromatic nitrogens is 2. The fourth-order valence-electron chi connectivity index (χ4n) is 4.21. The lowest BCUT2D eigenvalue weighted by molar-refractivity contribution is -0.715. The van der Waals surface area contributed by atoms with Gasteiger partial charge in [-0.2, -0.15) is 0 Å². The van der Waals surface area contributed by atoms with E-state index >= 15 is 0 Å². The number of ether oxygens (including phenoxy) is 1. The van der Waals surface area contributed by atoms with Gasteiger partial charge in [0, 0.05) is 26.7 Å². The first-order valence-electron chi connectivity index (χ1n) is 13.3. The maximum absolute atomic E-state index is 13.2. The molecule has 0 bridgehead atoms. The van der Waals surface area contributed by atoms with E-state index < -0.39 is 30.1 Å². The number of benzene rings is 2. The Labute approximate surface area is 260 Å². The van der Waals surface area contributed by atoms with Gasteiger partial charge < -0.3 is 37.5 Å². The summed E-state index contributed by atoms with van der Waals surface area (Å²) >= 11 is 1.39. The van der Waals surface area contributed by atoms with Gasteiger partial charge in [0.25, 0.3) is 0 Å². The Kier molecular flexibility index (Phi) is 13.8. The zero-order chi connectivity index (χ0) is 29.9. The molecule has 3 rings (SSSR count). The predicted molar refractivity (Wildman–Crippen MR) is 154 cm³/mol. The van der Waals surface area contributed by atoms with E-state index in [1.54, 1.807) is 36.4 Å². The van der Waals surface area contributed by atoms with Crippen molar-refractivity contribution in [2.24, 2.45) is 14.1 Å². The van der Waals surface area contributed by atoms with Crippen LogP contribution in [0, 0.1) is 13.8 Å². The molecular formula is C30H37BrN4O6S. The van der Waals surface area contributed by atoms with Crippen LogP contribution in [-0.4, -0.2) is 51.3 Å². The highest BCUT2D eigenvalue weighted by Gasteiger charge is 2.28. The fourth-order valence-corrected chi connectivity index (χ4v) is 5.30. The molecule has 0 saturated heterocycles. The Bertz CT molecular complexity index is 1340. The van der Waals surface area contributed by atoms with Gasteiger partial charge in [-0.1, -0.05) is 60.7 Å². The van der Waals surface area contributed by atoms with Crippen molar-refractivity contribution in [3.8, 4) is 0 Å². The van der Waals surface area contributed by atoms with Crippen molar-refractivity contribution in [3.05, 3.63) is 83.2 Å². The fraction of sp³-hybridized carbons (Fsp3) is 0.367. The van der Waals surface area contributed by atoms with E-state index in [9.17, 15) is 24.3 Å². The van der Waals surface area contributed by atoms with Gasteiger partial charge in [-0.05, 0) is 29.3 Å². The number of Topliss-reactive ketones (excluding diaryl/α,β-unsaturated/α-hetero) is 1. The Morgan fingerprint density at radius 3 is 2.10 bits per heavy atom. The summed E-state index contributed by atoms with van der Waals surface area (Å²) in [6, 6.07) is 15.8. The molecule has 10 nitrogen and oxygen atoms in total. The Morgan fingerprint density at radius 2 is 1.55 bits per heavy atom. The van der Waals surface area contributed by atoms with Crippen molar-refractivity contribution < 1.29 is 50.6 Å². The van der Waals surface area contributed by atoms with Crippen LogP contribution in [-0.2, 0) is 46.2 Å². The summed E-state index contributed by atoms with van der Waals surface area (Å²) in [5.41, 5.74) is 3.75. The standard InChI is InChI=1S/C30H36N4O6S.BrH/c1-20-21(2)34(4)30(33(20)3)41-19-24(35)15-16-25(28(37)38)31-27(36)26(17-22-11-7-5-8-12-22)32-29(39)40-18-23-13-9-6-10-14-23;/h5-14,25-26H,15-19H2,1-4H3,(H2-,31,32,36,37,38,39);1H. The maximum Gasteiger partial charge on any atom is 0.408 e. The number of hydrogen-bond acceptors (Lipinski definition) is 6. The largest absolute Gasteiger partial charge is 1.00 e. The lowest BCUT2D eigenvalue weighted by Crippen LogP contribution is -3.00. The smallest absolute Gasteiger partial charge is 0.408 e. The average molecular weight is 662 g/mol. The van der Waals surface area contributed by atoms with Crippen molar-refractivity contribution in [1.82, 2.24) is 15.2 Å². The third kappa shape index (κ3) is 10.0. The van der Waals surface area contributed by atoms with Gasteiger partial charge in [0.15, 0.2) is 0 Å². The molecular weight excluding hydrogens is 624 g/mol. The first-order valence-corrected chi connectivity index (χ1v) is 14.3. The third-order valence-electron chi connectivity index (χ3n) is 6.90. The maximum atomic E-state index is 13.2. The molecule has 0 spiro atoms. The van der Waals surface area contributed by atoms with Gasteiger partial charge in [-0.25, -0.2) is 18.7 Å². The lowest BCUT2D eigenvalue weighted by atomic mass is 10.0. The molecule has 2 unspecified atom stereocenters. The molecule has 0 aliphatic carbocycles. The van der Waals surface area contributed by atoms with Crippen LogP contribution in [0.15, 0.2) is 65.8 Å². The molecule has 2 aromatic carbocycles. The van der Waals surface area contributed by atoms with Crippen LogP contribution in [0.25, 0.3) is 0 Å². The molecule has 1 heterocycles. The summed E-state index contributed by atoms with van der Waals surface area (Å²) in [6.07, 6.45) is -0.773. The number of carbonyl (C=O) groups excluding carboxylic acids is 3. The molecule has 3 N–H and O–H groups in total. The molecule has 1 aromatic heterocycles. The summed E-state index contributed by atoms with van der Waals surface area (Å²) < 4.78 is 9.29. The number of alkyl carbamates (subject to hydrolysis) is 1. The van der Waals surface area contributed by atoms with E-state index in [4.69, 9.17) is 4.74 Å². The van der Waals surface area contributed by atoms with Gasteiger partial charge >= 0.3 is 17.2 Å². The van der Waals surface area contributed by atoms with Crippen LogP contribution < -0.4 is 32.2 Å². The van der Waals surface area contributed by atoms with E-state index in [1.807, 2.05) is 61.3 Å². The van der Waals surface area contributed by atoms with Crippen molar-refractivity contribution in [2.45, 2.75) is 57.0 Å². The number of nitrogens with zero attached hydrogens (tertiary/aromatic N) is 2. The quantitative estimate of drug-likeness (QED) is 0.164. The molecule has 3 aromatic rings. The summed E-state index contributed by atoms with van der Waals surface area (Å²) in [7, 11) is 3.87. The topological polar surface area (TPSA) is 131 Å². The molecule has 2 atom stereocenters. The van der Waals surface area contributed by atoms with Gasteiger partial charge in [0.05, 0.1) is 19.8 Å². The van der Waals surface area contributed by atoms with Crippen LogP contribution in [0.1, 0.15) is 35.4 Å². The van der Waals surface area contributed by atoms with E-state index in [1.165, 1.54) is 11.8 Å². The second-order valence-corrected chi connectivity index (χ2v) is 10.7. The summed E-state index contributed by atoms with van der Waals surface area (Å²) in [4.78, 5) is 50.3. The van der Waals surface area contributed by atoms with Crippen LogP contribution >= 0.6 is 11.8 Å². The minimum absolute atomic E-state index is 0. The van der Waals surface area contributed by atoms with Gasteiger partial charge in [-0.15, -0.1) is 0 Å². The number of thioether (sulfide) groups is 1. The van der Waals surface area contributed by atoms with Gasteiger partial charge in [0.1, 0.15) is 35.9 Å². The zero-order valence-corrected chi connectivity index (χ0v) is 26.5. The number of amides is 2. The normalized spacial score (nSPS) is 12.0. The number of nitrogens with one attached hydrogen (secondary N) is 2. The SMILES string of the molecule is Cc1c(C)[n+](C)c(SCC(=O)CCC(NC(=O)C(Cc2ccccc2)NC(=O)OCc2ccccc2)C(=O)O)n1C.[Br-]. The first-order chi connectivity index (χ1) is 19.6. The number of carbonyl (C=O) groups is 4. The molecule has 42 heavy (non-hydrogen) atoms. The molecule has 226 valence electrons. The molecule has 0 aliphatic heterocycles. The van der Waals surface area contributed by atoms with E-state index in [0.717, 1.165) is 27.7 Å². The number of imidazole rings is 1. The number of aliphatic carboxylic acids is 1. The lowest BCUT2D eigenvalue weighted by Gasteiger charge is -2.21. The number of carboxylic acids is 1. The molecule has 0 radical (unpaired) electrons. The van der Waals surface area contributed by atoms with Crippen LogP contribution in [0.2, 0.25) is 0 Å². The monoisotopic (exact) mass is 660 g/mol. The zero-order valence-electron chi connectivity index (χ0n) is 24.1. The van der Waals surface area contributed by atoms with Crippen molar-refractivity contribution in [3.63, 3.8) is 0 Å². The van der Waals surface area contributed by atoms with Crippen LogP contribution in [0.3, 0.4) is 0 Å². The van der Waals surface area contributed by atoms with Crippen LogP contribution in [0.4, 0.5) is 4.79 Å². The summed E-state index contributed by atoms with van der Waals surface area (Å²) in [5.74, 6) is -1.89.